The number of nitrogens with zero attached hydrogens (tertiary/aromatic N) is 7. The third-order valence-corrected chi connectivity index (χ3v) is 12.8. The molecular weight excluding hydrogens is 1110 g/mol. The second-order valence-electron chi connectivity index (χ2n) is 16.8. The second kappa shape index (κ2) is 20.0. The number of allylic oxidation sites excluding steroid dienone is 5. The minimum Gasteiger partial charge on any atom is -0.238 e. The Labute approximate surface area is 441 Å². The van der Waals surface area contributed by atoms with Crippen molar-refractivity contribution in [2.24, 2.45) is 0 Å². The molecular formula is C57H10F17N7. The van der Waals surface area contributed by atoms with Gasteiger partial charge in [-0.3, -0.25) is 0 Å². The fourth-order valence-electron chi connectivity index (χ4n) is 9.34. The minimum atomic E-state index is -2.96. The monoisotopic (exact) mass is 1120 g/mol. The lowest BCUT2D eigenvalue weighted by atomic mass is 9.82. The lowest BCUT2D eigenvalue weighted by Gasteiger charge is -2.22. The van der Waals surface area contributed by atoms with Gasteiger partial charge in [0, 0.05) is 27.9 Å². The van der Waals surface area contributed by atoms with Crippen LogP contribution in [0.4, 0.5) is 86.0 Å². The molecule has 0 fully saturated rings. The van der Waals surface area contributed by atoms with E-state index >= 15 is 70.2 Å². The predicted octanol–water partition coefficient (Wildman–Crippen LogP) is 15.9. The summed E-state index contributed by atoms with van der Waals surface area (Å²) in [4.78, 5) is 8.93. The number of nitriles is 4. The van der Waals surface area contributed by atoms with E-state index in [1.165, 1.54) is 0 Å². The van der Waals surface area contributed by atoms with Crippen LogP contribution in [0.1, 0.15) is 72.3 Å². The molecule has 7 aromatic rings. The summed E-state index contributed by atoms with van der Waals surface area (Å²) in [5.74, 6) is -47.0. The molecule has 0 radical (unpaired) electrons. The highest BCUT2D eigenvalue weighted by molar-refractivity contribution is 6.34. The Kier molecular flexibility index (Phi) is 13.4. The zero-order chi connectivity index (χ0) is 59.1. The fraction of sp³-hybridized carbons (Fsp3) is 0. The van der Waals surface area contributed by atoms with E-state index in [1.807, 2.05) is 0 Å². The molecule has 2 aliphatic carbocycles. The number of fused-ring (bicyclic) bond motifs is 2. The number of hydrogen-bond donors (Lipinski definition) is 0. The summed E-state index contributed by atoms with van der Waals surface area (Å²) >= 11 is 0. The summed E-state index contributed by atoms with van der Waals surface area (Å²) in [6.07, 6.45) is 0. The third kappa shape index (κ3) is 7.75. The summed E-state index contributed by atoms with van der Waals surface area (Å²) in [5, 5.41) is 39.6. The molecule has 2 aliphatic rings. The first kappa shape index (κ1) is 54.5. The summed E-state index contributed by atoms with van der Waals surface area (Å²) < 4.78 is 275. The highest BCUT2D eigenvalue weighted by Gasteiger charge is 2.44. The standard InChI is InChI=1S/C57H10F17N7/c1-79-21-10-8-20(9-11-21)30-32(34(36-45(64)41(60)28(17-78)42(61)46(36)65)38-49(68)54(73)57(81-3)55(74)50(38)69)24-12-22-23(13-25(24)56(30)80-2)31(29(26(22)15-76)19-6-4-18(14-75)5-7-19)33(37-47(66)51(70)53(72)52(71)48(37)67)35-43(62)39(58)27(16-77)40(59)44(35)63/h4-13H/b33-31+,34-32-. The fourth-order valence-corrected chi connectivity index (χ4v) is 9.34. The molecule has 392 valence electrons. The first-order valence-corrected chi connectivity index (χ1v) is 21.7. The Morgan fingerprint density at radius 3 is 1.09 bits per heavy atom. The van der Waals surface area contributed by atoms with Crippen LogP contribution in [0.2, 0.25) is 0 Å². The van der Waals surface area contributed by atoms with Crippen molar-refractivity contribution in [1.82, 2.24) is 0 Å². The molecule has 0 heterocycles. The molecule has 24 heteroatoms. The smallest absolute Gasteiger partial charge is 0.238 e. The predicted molar refractivity (Wildman–Crippen MR) is 249 cm³/mol. The van der Waals surface area contributed by atoms with Crippen molar-refractivity contribution < 1.29 is 74.6 Å². The van der Waals surface area contributed by atoms with Crippen LogP contribution in [0.3, 0.4) is 0 Å². The van der Waals surface area contributed by atoms with Crippen LogP contribution in [0, 0.1) is 164 Å². The number of halogens is 17. The third-order valence-electron chi connectivity index (χ3n) is 12.8. The van der Waals surface area contributed by atoms with Crippen LogP contribution in [-0.2, 0) is 0 Å². The molecule has 7 aromatic carbocycles. The molecule has 81 heavy (non-hydrogen) atoms. The quantitative estimate of drug-likeness (QED) is 0.0715. The molecule has 0 aliphatic heterocycles. The molecule has 9 rings (SSSR count). The van der Waals surface area contributed by atoms with E-state index in [-0.39, 0.29) is 11.3 Å². The van der Waals surface area contributed by atoms with Gasteiger partial charge in [0.15, 0.2) is 98.8 Å². The number of hydrogen-bond acceptors (Lipinski definition) is 4. The van der Waals surface area contributed by atoms with Gasteiger partial charge in [-0.2, -0.15) is 21.0 Å². The largest absolute Gasteiger partial charge is 0.262 e. The Balaban J connectivity index is 1.64. The van der Waals surface area contributed by atoms with Crippen molar-refractivity contribution >= 4 is 56.1 Å². The van der Waals surface area contributed by atoms with Gasteiger partial charge in [0.05, 0.1) is 59.2 Å². The second-order valence-corrected chi connectivity index (χ2v) is 16.8. The lowest BCUT2D eigenvalue weighted by Crippen LogP contribution is -2.13. The van der Waals surface area contributed by atoms with Gasteiger partial charge in [-0.25, -0.2) is 89.2 Å². The topological polar surface area (TPSA) is 108 Å². The van der Waals surface area contributed by atoms with E-state index in [0.29, 0.717) is 12.1 Å². The maximum atomic E-state index is 16.8. The van der Waals surface area contributed by atoms with Crippen LogP contribution in [-0.4, -0.2) is 0 Å². The average Bonchev–Trinajstić information content (AvgIpc) is 2.91. The first-order valence-electron chi connectivity index (χ1n) is 21.7. The molecule has 0 amide bonds. The zero-order valence-corrected chi connectivity index (χ0v) is 38.8. The first-order chi connectivity index (χ1) is 38.5. The van der Waals surface area contributed by atoms with E-state index in [0.717, 1.165) is 60.7 Å². The molecule has 0 spiro atoms. The van der Waals surface area contributed by atoms with Gasteiger partial charge >= 0.3 is 0 Å². The number of benzene rings is 7. The van der Waals surface area contributed by atoms with Crippen molar-refractivity contribution in [3.05, 3.63) is 266 Å². The maximum absolute atomic E-state index is 16.8. The molecule has 0 bridgehead atoms. The van der Waals surface area contributed by atoms with Crippen molar-refractivity contribution in [1.29, 1.82) is 21.0 Å². The summed E-state index contributed by atoms with van der Waals surface area (Å²) in [5.41, 5.74) is -31.9. The van der Waals surface area contributed by atoms with E-state index < -0.39 is 216 Å². The van der Waals surface area contributed by atoms with Gasteiger partial charge in [0.1, 0.15) is 29.3 Å². The minimum absolute atomic E-state index is 0.232. The highest BCUT2D eigenvalue weighted by atomic mass is 19.2. The molecule has 7 nitrogen and oxygen atoms in total. The molecule has 0 unspecified atom stereocenters. The summed E-state index contributed by atoms with van der Waals surface area (Å²) in [6.45, 7) is 23.1. The molecule has 0 atom stereocenters. The van der Waals surface area contributed by atoms with Crippen molar-refractivity contribution in [2.45, 2.75) is 0 Å². The Morgan fingerprint density at radius 1 is 0.346 bits per heavy atom. The van der Waals surface area contributed by atoms with Crippen molar-refractivity contribution in [2.75, 3.05) is 0 Å². The Hall–Kier alpha value is -11.3. The Morgan fingerprint density at radius 2 is 0.704 bits per heavy atom. The van der Waals surface area contributed by atoms with E-state index in [1.54, 1.807) is 12.1 Å². The van der Waals surface area contributed by atoms with Gasteiger partial charge in [-0.15, -0.1) is 0 Å². The average molecular weight is 1120 g/mol. The van der Waals surface area contributed by atoms with Gasteiger partial charge in [-0.05, 0) is 57.2 Å². The lowest BCUT2D eigenvalue weighted by molar-refractivity contribution is 0.376. The zero-order valence-electron chi connectivity index (χ0n) is 38.8. The van der Waals surface area contributed by atoms with Crippen LogP contribution in [0.5, 0.6) is 0 Å². The van der Waals surface area contributed by atoms with E-state index in [4.69, 9.17) is 19.7 Å². The van der Waals surface area contributed by atoms with Crippen molar-refractivity contribution in [3.63, 3.8) is 0 Å². The highest BCUT2D eigenvalue weighted by Crippen LogP contribution is 2.59. The van der Waals surface area contributed by atoms with Crippen LogP contribution >= 0.6 is 0 Å². The summed E-state index contributed by atoms with van der Waals surface area (Å²) in [7, 11) is 0. The van der Waals surface area contributed by atoms with Gasteiger partial charge in [0.25, 0.3) is 5.69 Å². The molecule has 0 aromatic heterocycles. The van der Waals surface area contributed by atoms with E-state index in [9.17, 15) is 25.4 Å². The van der Waals surface area contributed by atoms with Gasteiger partial charge < -0.3 is 0 Å². The summed E-state index contributed by atoms with van der Waals surface area (Å²) in [6, 6.07) is 13.3. The normalized spacial score (nSPS) is 13.6. The van der Waals surface area contributed by atoms with Crippen LogP contribution in [0.15, 0.2) is 60.7 Å². The van der Waals surface area contributed by atoms with Gasteiger partial charge in [0.2, 0.25) is 11.5 Å². The Bertz CT molecular complexity index is 4400. The molecule has 0 saturated carbocycles. The molecule has 0 N–H and O–H groups in total. The maximum Gasteiger partial charge on any atom is 0.262 e. The van der Waals surface area contributed by atoms with Crippen LogP contribution < -0.4 is 0 Å². The number of rotatable bonds is 6. The van der Waals surface area contributed by atoms with Crippen molar-refractivity contribution in [3.8, 4) is 24.3 Å². The van der Waals surface area contributed by atoms with Crippen LogP contribution in [0.25, 0.3) is 59.2 Å². The SMILES string of the molecule is [C-]#[N+]C1=C(c2ccc([N+]#[C-])cc2)/C(=C(/c2c(F)c(F)c(C#N)c(F)c2F)c2c(F)c(F)c([N+]#[C-])c(F)c2F)c2cc3c(cc21)/C(=C(\c1c(F)c(F)c(F)c(F)c1F)c1c(F)c(F)c(C#N)c(F)c1F)C(c1ccc(C#N)cc1)=C3C#N. The van der Waals surface area contributed by atoms with Gasteiger partial charge in [-0.1, -0.05) is 42.5 Å². The van der Waals surface area contributed by atoms with E-state index in [2.05, 4.69) is 14.5 Å². The molecule has 0 saturated heterocycles.